The zero-order valence-electron chi connectivity index (χ0n) is 14.1. The summed E-state index contributed by atoms with van der Waals surface area (Å²) in [7, 11) is 2.38. The van der Waals surface area contributed by atoms with Gasteiger partial charge < -0.3 is 19.5 Å². The summed E-state index contributed by atoms with van der Waals surface area (Å²) in [6.45, 7) is -0.461. The number of halogens is 1. The molecule has 0 aliphatic heterocycles. The lowest BCUT2D eigenvalue weighted by atomic mass is 10.1. The first-order valence-electron chi connectivity index (χ1n) is 7.43. The zero-order valence-corrected chi connectivity index (χ0v) is 14.1. The molecule has 0 unspecified atom stereocenters. The average Bonchev–Trinajstić information content (AvgIpc) is 2.65. The maximum atomic E-state index is 13.5. The van der Waals surface area contributed by atoms with Gasteiger partial charge in [0, 0.05) is 5.69 Å². The number of rotatable bonds is 6. The minimum atomic E-state index is -0.686. The monoisotopic (exact) mass is 361 g/mol. The summed E-state index contributed by atoms with van der Waals surface area (Å²) in [6, 6.07) is 9.60. The van der Waals surface area contributed by atoms with Gasteiger partial charge in [0.25, 0.3) is 5.91 Å². The first kappa shape index (κ1) is 18.9. The van der Waals surface area contributed by atoms with Crippen LogP contribution in [0.2, 0.25) is 0 Å². The van der Waals surface area contributed by atoms with Crippen molar-refractivity contribution in [1.29, 1.82) is 0 Å². The Kier molecular flexibility index (Phi) is 6.26. The number of ether oxygens (including phenoxy) is 3. The van der Waals surface area contributed by atoms with Crippen molar-refractivity contribution in [3.05, 3.63) is 59.4 Å². The van der Waals surface area contributed by atoms with Crippen LogP contribution in [0.5, 0.6) is 5.75 Å². The number of esters is 2. The van der Waals surface area contributed by atoms with Crippen LogP contribution in [0, 0.1) is 5.82 Å². The van der Waals surface area contributed by atoms with Gasteiger partial charge in [-0.25, -0.2) is 14.0 Å². The fourth-order valence-corrected chi connectivity index (χ4v) is 2.07. The van der Waals surface area contributed by atoms with Crippen LogP contribution in [-0.4, -0.2) is 38.7 Å². The summed E-state index contributed by atoms with van der Waals surface area (Å²) in [5, 5.41) is 2.47. The molecule has 1 amide bonds. The Balaban J connectivity index is 2.14. The molecule has 0 saturated carbocycles. The molecule has 0 spiro atoms. The summed E-state index contributed by atoms with van der Waals surface area (Å²) < 4.78 is 27.8. The van der Waals surface area contributed by atoms with Gasteiger partial charge in [-0.2, -0.15) is 0 Å². The highest BCUT2D eigenvalue weighted by atomic mass is 19.1. The van der Waals surface area contributed by atoms with Crippen LogP contribution in [0.1, 0.15) is 20.7 Å². The van der Waals surface area contributed by atoms with Crippen LogP contribution < -0.4 is 10.1 Å². The number of carbonyl (C=O) groups is 3. The summed E-state index contributed by atoms with van der Waals surface area (Å²) in [5.41, 5.74) is 0.275. The van der Waals surface area contributed by atoms with E-state index in [2.05, 4.69) is 14.8 Å². The topological polar surface area (TPSA) is 90.9 Å². The van der Waals surface area contributed by atoms with E-state index in [1.165, 1.54) is 50.6 Å². The highest BCUT2D eigenvalue weighted by molar-refractivity contribution is 5.99. The molecular weight excluding hydrogens is 345 g/mol. The van der Waals surface area contributed by atoms with Gasteiger partial charge in [0.2, 0.25) is 0 Å². The average molecular weight is 361 g/mol. The van der Waals surface area contributed by atoms with Crippen molar-refractivity contribution >= 4 is 23.5 Å². The van der Waals surface area contributed by atoms with E-state index in [9.17, 15) is 18.8 Å². The smallest absolute Gasteiger partial charge is 0.337 e. The molecule has 26 heavy (non-hydrogen) atoms. The molecule has 0 aromatic heterocycles. The Hall–Kier alpha value is -3.42. The summed E-state index contributed by atoms with van der Waals surface area (Å²) >= 11 is 0. The number of hydrogen-bond acceptors (Lipinski definition) is 6. The maximum absolute atomic E-state index is 13.5. The first-order chi connectivity index (χ1) is 12.4. The number of carbonyl (C=O) groups excluding carboxylic acids is 3. The zero-order chi connectivity index (χ0) is 19.1. The van der Waals surface area contributed by atoms with E-state index in [0.29, 0.717) is 0 Å². The van der Waals surface area contributed by atoms with E-state index in [4.69, 9.17) is 4.74 Å². The van der Waals surface area contributed by atoms with Crippen LogP contribution in [0.3, 0.4) is 0 Å². The van der Waals surface area contributed by atoms with Crippen LogP contribution in [0.25, 0.3) is 0 Å². The number of methoxy groups -OCH3 is 2. The van der Waals surface area contributed by atoms with Crippen LogP contribution in [0.4, 0.5) is 10.1 Å². The summed E-state index contributed by atoms with van der Waals surface area (Å²) in [5.74, 6) is -2.64. The minimum absolute atomic E-state index is 0.0562. The van der Waals surface area contributed by atoms with E-state index in [1.54, 1.807) is 6.07 Å². The third-order valence-electron chi connectivity index (χ3n) is 3.25. The molecular formula is C18H16FNO6. The molecule has 0 bridgehead atoms. The van der Waals surface area contributed by atoms with Gasteiger partial charge in [0.1, 0.15) is 0 Å². The molecule has 136 valence electrons. The Morgan fingerprint density at radius 1 is 0.962 bits per heavy atom. The molecule has 2 aromatic carbocycles. The number of para-hydroxylation sites is 1. The van der Waals surface area contributed by atoms with E-state index < -0.39 is 30.3 Å². The second-order valence-corrected chi connectivity index (χ2v) is 5.05. The Labute approximate surface area is 148 Å². The molecule has 0 saturated heterocycles. The molecule has 0 radical (unpaired) electrons. The lowest BCUT2D eigenvalue weighted by Gasteiger charge is -2.10. The van der Waals surface area contributed by atoms with Gasteiger partial charge in [-0.05, 0) is 30.3 Å². The Morgan fingerprint density at radius 3 is 2.08 bits per heavy atom. The van der Waals surface area contributed by atoms with Gasteiger partial charge in [0.15, 0.2) is 18.2 Å². The molecule has 8 heteroatoms. The molecule has 1 N–H and O–H groups in total. The normalized spacial score (nSPS) is 9.96. The van der Waals surface area contributed by atoms with E-state index in [1.807, 2.05) is 0 Å². The van der Waals surface area contributed by atoms with Crippen LogP contribution >= 0.6 is 0 Å². The number of amides is 1. The van der Waals surface area contributed by atoms with Crippen molar-refractivity contribution in [2.75, 3.05) is 26.1 Å². The third-order valence-corrected chi connectivity index (χ3v) is 3.25. The van der Waals surface area contributed by atoms with Crippen molar-refractivity contribution in [1.82, 2.24) is 0 Å². The largest absolute Gasteiger partial charge is 0.481 e. The van der Waals surface area contributed by atoms with E-state index in [0.717, 1.165) is 0 Å². The fourth-order valence-electron chi connectivity index (χ4n) is 2.07. The molecule has 2 rings (SSSR count). The lowest BCUT2D eigenvalue weighted by molar-refractivity contribution is -0.118. The number of nitrogens with one attached hydrogen (secondary N) is 1. The maximum Gasteiger partial charge on any atom is 0.337 e. The molecule has 0 atom stereocenters. The molecule has 0 aliphatic rings. The number of benzene rings is 2. The Bertz CT molecular complexity index is 802. The highest BCUT2D eigenvalue weighted by Gasteiger charge is 2.15. The van der Waals surface area contributed by atoms with Gasteiger partial charge in [-0.3, -0.25) is 4.79 Å². The van der Waals surface area contributed by atoms with E-state index >= 15 is 0 Å². The van der Waals surface area contributed by atoms with Gasteiger partial charge >= 0.3 is 11.9 Å². The SMILES string of the molecule is COC(=O)c1cc(NC(=O)COc2ccccc2F)cc(C(=O)OC)c1. The van der Waals surface area contributed by atoms with Gasteiger partial charge in [0.05, 0.1) is 25.3 Å². The molecule has 2 aromatic rings. The van der Waals surface area contributed by atoms with Crippen molar-refractivity contribution in [2.24, 2.45) is 0 Å². The van der Waals surface area contributed by atoms with Crippen molar-refractivity contribution < 1.29 is 33.0 Å². The molecule has 0 heterocycles. The van der Waals surface area contributed by atoms with Crippen molar-refractivity contribution in [3.8, 4) is 5.75 Å². The lowest BCUT2D eigenvalue weighted by Crippen LogP contribution is -2.21. The van der Waals surface area contributed by atoms with Crippen molar-refractivity contribution in [2.45, 2.75) is 0 Å². The summed E-state index contributed by atoms with van der Waals surface area (Å²) in [6.07, 6.45) is 0. The van der Waals surface area contributed by atoms with Crippen molar-refractivity contribution in [3.63, 3.8) is 0 Å². The molecule has 0 aliphatic carbocycles. The summed E-state index contributed by atoms with van der Waals surface area (Å²) in [4.78, 5) is 35.4. The quantitative estimate of drug-likeness (QED) is 0.795. The van der Waals surface area contributed by atoms with E-state index in [-0.39, 0.29) is 22.6 Å². The third kappa shape index (κ3) is 4.79. The standard InChI is InChI=1S/C18H16FNO6/c1-24-17(22)11-7-12(18(23)25-2)9-13(8-11)20-16(21)10-26-15-6-4-3-5-14(15)19/h3-9H,10H2,1-2H3,(H,20,21). The second-order valence-electron chi connectivity index (χ2n) is 5.05. The molecule has 0 fully saturated rings. The predicted octanol–water partition coefficient (Wildman–Crippen LogP) is 2.42. The predicted molar refractivity (Wildman–Crippen MR) is 89.6 cm³/mol. The van der Waals surface area contributed by atoms with Crippen LogP contribution in [-0.2, 0) is 14.3 Å². The van der Waals surface area contributed by atoms with Gasteiger partial charge in [-0.15, -0.1) is 0 Å². The molecule has 7 nitrogen and oxygen atoms in total. The van der Waals surface area contributed by atoms with Gasteiger partial charge in [-0.1, -0.05) is 12.1 Å². The Morgan fingerprint density at radius 2 is 1.54 bits per heavy atom. The minimum Gasteiger partial charge on any atom is -0.481 e. The first-order valence-corrected chi connectivity index (χ1v) is 7.43. The fraction of sp³-hybridized carbons (Fsp3) is 0.167. The number of anilines is 1. The highest BCUT2D eigenvalue weighted by Crippen LogP contribution is 2.18. The van der Waals surface area contributed by atoms with Crippen LogP contribution in [0.15, 0.2) is 42.5 Å². The number of hydrogen-bond donors (Lipinski definition) is 1. The second kappa shape index (κ2) is 8.61.